The summed E-state index contributed by atoms with van der Waals surface area (Å²) in [7, 11) is 1.69. The van der Waals surface area contributed by atoms with Crippen LogP contribution in [-0.4, -0.2) is 86.7 Å². The number of amides is 5. The van der Waals surface area contributed by atoms with Gasteiger partial charge in [-0.15, -0.1) is 0 Å². The van der Waals surface area contributed by atoms with Gasteiger partial charge in [0.25, 0.3) is 5.91 Å². The highest BCUT2D eigenvalue weighted by atomic mass is 16.5. The summed E-state index contributed by atoms with van der Waals surface area (Å²) in [4.78, 5) is 53.3. The van der Waals surface area contributed by atoms with Gasteiger partial charge in [0.1, 0.15) is 0 Å². The Labute approximate surface area is 175 Å². The molecule has 5 amide bonds. The van der Waals surface area contributed by atoms with Crippen LogP contribution in [0.4, 0.5) is 16.2 Å². The van der Waals surface area contributed by atoms with E-state index in [1.54, 1.807) is 7.05 Å². The summed E-state index contributed by atoms with van der Waals surface area (Å²) in [6.07, 6.45) is 0.577. The maximum absolute atomic E-state index is 12.4. The summed E-state index contributed by atoms with van der Waals surface area (Å²) in [6, 6.07) is 6.96. The first-order valence-corrected chi connectivity index (χ1v) is 10.1. The monoisotopic (exact) mass is 418 g/mol. The van der Waals surface area contributed by atoms with Crippen molar-refractivity contribution in [3.8, 4) is 0 Å². The molecule has 0 spiro atoms. The van der Waals surface area contributed by atoms with Crippen molar-refractivity contribution in [1.29, 1.82) is 0 Å². The number of imide groups is 2. The summed E-state index contributed by atoms with van der Waals surface area (Å²) >= 11 is 0. The summed E-state index contributed by atoms with van der Waals surface area (Å²) in [6.45, 7) is 5.12. The Balaban J connectivity index is 1.50. The van der Waals surface area contributed by atoms with Crippen molar-refractivity contribution in [3.63, 3.8) is 0 Å². The molecule has 2 saturated heterocycles. The zero-order valence-electron chi connectivity index (χ0n) is 17.3. The van der Waals surface area contributed by atoms with Crippen LogP contribution in [0.2, 0.25) is 0 Å². The van der Waals surface area contributed by atoms with E-state index in [1.807, 2.05) is 31.2 Å². The molecule has 1 unspecified atom stereocenters. The smallest absolute Gasteiger partial charge is 0.338 e. The molecule has 10 heteroatoms. The quantitative estimate of drug-likeness (QED) is 0.420. The second-order valence-electron chi connectivity index (χ2n) is 7.46. The highest BCUT2D eigenvalue weighted by Crippen LogP contribution is 2.19. The minimum atomic E-state index is -0.841. The van der Waals surface area contributed by atoms with Gasteiger partial charge in [0.2, 0.25) is 0 Å². The molecule has 0 bridgehead atoms. The van der Waals surface area contributed by atoms with Crippen LogP contribution in [0.25, 0.3) is 0 Å². The molecule has 0 radical (unpaired) electrons. The van der Waals surface area contributed by atoms with E-state index < -0.39 is 17.8 Å². The van der Waals surface area contributed by atoms with Gasteiger partial charge in [0.05, 0.1) is 20.3 Å². The predicted molar refractivity (Wildman–Crippen MR) is 109 cm³/mol. The van der Waals surface area contributed by atoms with Gasteiger partial charge in [-0.3, -0.25) is 19.3 Å². The zero-order valence-corrected chi connectivity index (χ0v) is 17.3. The van der Waals surface area contributed by atoms with Crippen LogP contribution in [0.3, 0.4) is 0 Å². The van der Waals surface area contributed by atoms with Gasteiger partial charge in [-0.1, -0.05) is 6.92 Å². The van der Waals surface area contributed by atoms with Gasteiger partial charge < -0.3 is 19.9 Å². The lowest BCUT2D eigenvalue weighted by molar-refractivity contribution is -0.878. The number of ether oxygens (including phenoxy) is 1. The molecular formula is C20H28N5O5+. The molecule has 2 N–H and O–H groups in total. The lowest BCUT2D eigenvalue weighted by Gasteiger charge is -2.28. The Morgan fingerprint density at radius 3 is 2.33 bits per heavy atom. The Morgan fingerprint density at radius 1 is 1.07 bits per heavy atom. The fourth-order valence-electron chi connectivity index (χ4n) is 3.49. The Bertz CT molecular complexity index is 806. The van der Waals surface area contributed by atoms with Gasteiger partial charge in [-0.25, -0.2) is 9.69 Å². The zero-order chi connectivity index (χ0) is 21.7. The predicted octanol–water partition coefficient (Wildman–Crippen LogP) is -0.865. The second-order valence-corrected chi connectivity index (χ2v) is 7.46. The second kappa shape index (κ2) is 9.68. The van der Waals surface area contributed by atoms with Crippen LogP contribution in [-0.2, 0) is 19.1 Å². The number of anilines is 2. The van der Waals surface area contributed by atoms with E-state index in [2.05, 4.69) is 10.2 Å². The number of quaternary nitrogens is 1. The first kappa shape index (κ1) is 21.7. The fraction of sp³-hybridized carbons (Fsp3) is 0.500. The van der Waals surface area contributed by atoms with Crippen molar-refractivity contribution in [2.75, 3.05) is 63.3 Å². The molecule has 0 aromatic heterocycles. The van der Waals surface area contributed by atoms with Gasteiger partial charge >= 0.3 is 17.8 Å². The largest absolute Gasteiger partial charge is 0.378 e. The lowest BCUT2D eigenvalue weighted by Crippen LogP contribution is -3.11. The van der Waals surface area contributed by atoms with Crippen molar-refractivity contribution in [2.45, 2.75) is 13.3 Å². The first-order valence-electron chi connectivity index (χ1n) is 10.1. The Kier molecular flexibility index (Phi) is 7.01. The number of carbonyl (C=O) groups excluding carboxylic acids is 4. The third-order valence-corrected chi connectivity index (χ3v) is 5.00. The number of hydrogen-bond donors (Lipinski definition) is 2. The van der Waals surface area contributed by atoms with E-state index in [0.29, 0.717) is 30.2 Å². The van der Waals surface area contributed by atoms with Gasteiger partial charge in [-0.2, -0.15) is 0 Å². The molecule has 0 aliphatic carbocycles. The van der Waals surface area contributed by atoms with Crippen LogP contribution >= 0.6 is 0 Å². The summed E-state index contributed by atoms with van der Waals surface area (Å²) in [5.74, 6) is -1.89. The van der Waals surface area contributed by atoms with E-state index >= 15 is 0 Å². The molecule has 10 nitrogen and oxygen atoms in total. The van der Waals surface area contributed by atoms with Gasteiger partial charge in [-0.05, 0) is 30.7 Å². The number of nitrogens with zero attached hydrogens (tertiary/aromatic N) is 3. The van der Waals surface area contributed by atoms with E-state index in [9.17, 15) is 19.2 Å². The highest BCUT2D eigenvalue weighted by molar-refractivity contribution is 6.44. The van der Waals surface area contributed by atoms with Crippen LogP contribution in [0.15, 0.2) is 24.3 Å². The van der Waals surface area contributed by atoms with Crippen molar-refractivity contribution in [3.05, 3.63) is 24.3 Å². The average Bonchev–Trinajstić information content (AvgIpc) is 2.93. The number of rotatable bonds is 8. The number of morpholine rings is 1. The normalized spacial score (nSPS) is 18.2. The molecular weight excluding hydrogens is 390 g/mol. The minimum Gasteiger partial charge on any atom is -0.378 e. The van der Waals surface area contributed by atoms with Gasteiger partial charge in [0.15, 0.2) is 13.2 Å². The first-order chi connectivity index (χ1) is 14.4. The molecule has 1 atom stereocenters. The van der Waals surface area contributed by atoms with E-state index in [4.69, 9.17) is 4.74 Å². The number of benzene rings is 1. The third kappa shape index (κ3) is 4.95. The lowest BCUT2D eigenvalue weighted by atomic mass is 10.2. The maximum Gasteiger partial charge on any atom is 0.338 e. The number of likely N-dealkylation sites (N-methyl/N-ethyl adjacent to an activating group) is 1. The molecule has 2 fully saturated rings. The highest BCUT2D eigenvalue weighted by Gasteiger charge is 2.45. The van der Waals surface area contributed by atoms with E-state index in [1.165, 1.54) is 0 Å². The Hall–Kier alpha value is -2.98. The summed E-state index contributed by atoms with van der Waals surface area (Å²) in [5.41, 5.74) is 1.74. The van der Waals surface area contributed by atoms with Crippen molar-refractivity contribution in [2.24, 2.45) is 0 Å². The number of nitrogens with one attached hydrogen (secondary N) is 2. The molecule has 2 aliphatic heterocycles. The molecule has 1 aromatic carbocycles. The van der Waals surface area contributed by atoms with Gasteiger partial charge in [0, 0.05) is 31.0 Å². The standard InChI is InChI=1S/C20H27N5O5/c1-3-8-24-18(27)19(28)25(20(24)29)14-22(2)13-17(26)21-15-4-6-16(7-5-15)23-9-11-30-12-10-23/h4-7H,3,8-14H2,1-2H3,(H,21,26)/p+1. The van der Waals surface area contributed by atoms with Crippen LogP contribution in [0, 0.1) is 0 Å². The third-order valence-electron chi connectivity index (χ3n) is 5.00. The summed E-state index contributed by atoms with van der Waals surface area (Å²) < 4.78 is 5.35. The topological polar surface area (TPSA) is 104 Å². The minimum absolute atomic E-state index is 0.0459. The van der Waals surface area contributed by atoms with Crippen LogP contribution in [0.1, 0.15) is 13.3 Å². The molecule has 2 aliphatic rings. The fourth-order valence-corrected chi connectivity index (χ4v) is 3.49. The molecule has 2 heterocycles. The molecule has 30 heavy (non-hydrogen) atoms. The molecule has 1 aromatic rings. The van der Waals surface area contributed by atoms with Crippen molar-refractivity contribution >= 4 is 35.1 Å². The number of carbonyl (C=O) groups is 4. The van der Waals surface area contributed by atoms with E-state index in [-0.39, 0.29) is 25.7 Å². The van der Waals surface area contributed by atoms with Crippen molar-refractivity contribution in [1.82, 2.24) is 9.80 Å². The van der Waals surface area contributed by atoms with Crippen LogP contribution in [0.5, 0.6) is 0 Å². The summed E-state index contributed by atoms with van der Waals surface area (Å²) in [5, 5.41) is 2.82. The van der Waals surface area contributed by atoms with Crippen LogP contribution < -0.4 is 15.1 Å². The number of urea groups is 1. The van der Waals surface area contributed by atoms with E-state index in [0.717, 1.165) is 28.6 Å². The SMILES string of the molecule is CCCN1C(=O)C(=O)N(C[NH+](C)CC(=O)Nc2ccc(N3CCOCC3)cc2)C1=O. The molecule has 0 saturated carbocycles. The van der Waals surface area contributed by atoms with Crippen molar-refractivity contribution < 1.29 is 28.8 Å². The Morgan fingerprint density at radius 2 is 1.70 bits per heavy atom. The maximum atomic E-state index is 12.4. The number of hydrogen-bond acceptors (Lipinski definition) is 6. The molecule has 3 rings (SSSR count). The molecule has 162 valence electrons. The average molecular weight is 418 g/mol.